The standard InChI is InChI=1S/C22H26N4O/c1-27-20-6-4-17(5-7-20)8-12-26-13-9-18(10-14-26)22-21(16-24-25-22)19-3-2-11-23-15-19/h2-7,11,15-16,18H,8-10,12-14H2,1H3,(H,24,25). The van der Waals surface area contributed by atoms with Crippen molar-refractivity contribution in [3.05, 3.63) is 66.2 Å². The molecule has 140 valence electrons. The number of hydrogen-bond acceptors (Lipinski definition) is 4. The lowest BCUT2D eigenvalue weighted by Gasteiger charge is -2.32. The molecule has 0 spiro atoms. The third-order valence-corrected chi connectivity index (χ3v) is 5.51. The lowest BCUT2D eigenvalue weighted by atomic mass is 9.90. The lowest BCUT2D eigenvalue weighted by molar-refractivity contribution is 0.213. The second-order valence-corrected chi connectivity index (χ2v) is 7.15. The van der Waals surface area contributed by atoms with Crippen LogP contribution in [0.3, 0.4) is 0 Å². The fourth-order valence-corrected chi connectivity index (χ4v) is 3.88. The van der Waals surface area contributed by atoms with Crippen LogP contribution in [0.4, 0.5) is 0 Å². The van der Waals surface area contributed by atoms with Crippen LogP contribution in [0.5, 0.6) is 5.75 Å². The number of benzene rings is 1. The van der Waals surface area contributed by atoms with E-state index in [9.17, 15) is 0 Å². The number of piperidine rings is 1. The second-order valence-electron chi connectivity index (χ2n) is 7.15. The Hall–Kier alpha value is -2.66. The molecule has 1 aromatic carbocycles. The van der Waals surface area contributed by atoms with Crippen LogP contribution < -0.4 is 4.74 Å². The lowest BCUT2D eigenvalue weighted by Crippen LogP contribution is -2.34. The van der Waals surface area contributed by atoms with Gasteiger partial charge in [0.05, 0.1) is 13.3 Å². The number of rotatable bonds is 6. The molecule has 3 aromatic rings. The Labute approximate surface area is 160 Å². The Kier molecular flexibility index (Phi) is 5.49. The van der Waals surface area contributed by atoms with Gasteiger partial charge in [0.2, 0.25) is 0 Å². The number of aromatic amines is 1. The van der Waals surface area contributed by atoms with E-state index in [0.717, 1.165) is 50.2 Å². The average molecular weight is 362 g/mol. The summed E-state index contributed by atoms with van der Waals surface area (Å²) in [6.45, 7) is 3.37. The quantitative estimate of drug-likeness (QED) is 0.722. The highest BCUT2D eigenvalue weighted by Crippen LogP contribution is 2.33. The van der Waals surface area contributed by atoms with Gasteiger partial charge < -0.3 is 9.64 Å². The highest BCUT2D eigenvalue weighted by molar-refractivity contribution is 5.64. The molecule has 1 N–H and O–H groups in total. The molecule has 0 amide bonds. The van der Waals surface area contributed by atoms with E-state index in [1.807, 2.05) is 36.8 Å². The fourth-order valence-electron chi connectivity index (χ4n) is 3.88. The minimum Gasteiger partial charge on any atom is -0.497 e. The van der Waals surface area contributed by atoms with Gasteiger partial charge in [0.15, 0.2) is 0 Å². The van der Waals surface area contributed by atoms with E-state index in [0.29, 0.717) is 5.92 Å². The monoisotopic (exact) mass is 362 g/mol. The first kappa shape index (κ1) is 17.7. The molecular formula is C22H26N4O. The van der Waals surface area contributed by atoms with Crippen molar-refractivity contribution >= 4 is 0 Å². The number of nitrogens with zero attached hydrogens (tertiary/aromatic N) is 3. The Balaban J connectivity index is 1.32. The number of hydrogen-bond donors (Lipinski definition) is 1. The summed E-state index contributed by atoms with van der Waals surface area (Å²) in [6, 6.07) is 12.5. The minimum absolute atomic E-state index is 0.542. The molecule has 4 rings (SSSR count). The van der Waals surface area contributed by atoms with Gasteiger partial charge in [-0.15, -0.1) is 0 Å². The van der Waals surface area contributed by atoms with Gasteiger partial charge in [-0.25, -0.2) is 0 Å². The van der Waals surface area contributed by atoms with Crippen LogP contribution in [-0.2, 0) is 6.42 Å². The summed E-state index contributed by atoms with van der Waals surface area (Å²) in [5, 5.41) is 7.56. The van der Waals surface area contributed by atoms with Crippen LogP contribution in [0.15, 0.2) is 55.0 Å². The summed E-state index contributed by atoms with van der Waals surface area (Å²) in [7, 11) is 1.71. The highest BCUT2D eigenvalue weighted by Gasteiger charge is 2.24. The van der Waals surface area contributed by atoms with Crippen molar-refractivity contribution in [1.82, 2.24) is 20.1 Å². The molecule has 5 heteroatoms. The normalized spacial score (nSPS) is 15.7. The Morgan fingerprint density at radius 3 is 2.63 bits per heavy atom. The molecule has 2 aromatic heterocycles. The third kappa shape index (κ3) is 4.19. The number of methoxy groups -OCH3 is 1. The van der Waals surface area contributed by atoms with Gasteiger partial charge in [0.25, 0.3) is 0 Å². The van der Waals surface area contributed by atoms with Gasteiger partial charge in [0, 0.05) is 41.7 Å². The molecule has 0 saturated carbocycles. The summed E-state index contributed by atoms with van der Waals surface area (Å²) >= 11 is 0. The van der Waals surface area contributed by atoms with Crippen molar-refractivity contribution in [3.63, 3.8) is 0 Å². The highest BCUT2D eigenvalue weighted by atomic mass is 16.5. The molecule has 3 heterocycles. The number of pyridine rings is 1. The molecule has 0 aliphatic carbocycles. The smallest absolute Gasteiger partial charge is 0.118 e. The molecule has 0 atom stereocenters. The molecule has 0 bridgehead atoms. The molecule has 0 unspecified atom stereocenters. The zero-order valence-electron chi connectivity index (χ0n) is 15.8. The van der Waals surface area contributed by atoms with Crippen LogP contribution in [0, 0.1) is 0 Å². The summed E-state index contributed by atoms with van der Waals surface area (Å²) in [4.78, 5) is 6.82. The first-order valence-corrected chi connectivity index (χ1v) is 9.62. The van der Waals surface area contributed by atoms with Crippen molar-refractivity contribution in [1.29, 1.82) is 0 Å². The van der Waals surface area contributed by atoms with Crippen LogP contribution in [0.25, 0.3) is 11.1 Å². The maximum atomic E-state index is 5.23. The van der Waals surface area contributed by atoms with Gasteiger partial charge in [0.1, 0.15) is 5.75 Å². The van der Waals surface area contributed by atoms with E-state index in [2.05, 4.69) is 38.3 Å². The van der Waals surface area contributed by atoms with E-state index < -0.39 is 0 Å². The fraction of sp³-hybridized carbons (Fsp3) is 0.364. The topological polar surface area (TPSA) is 54.0 Å². The summed E-state index contributed by atoms with van der Waals surface area (Å²) in [5.74, 6) is 1.46. The largest absolute Gasteiger partial charge is 0.497 e. The zero-order chi connectivity index (χ0) is 18.5. The number of aromatic nitrogens is 3. The molecule has 5 nitrogen and oxygen atoms in total. The average Bonchev–Trinajstić information content (AvgIpc) is 3.23. The van der Waals surface area contributed by atoms with Crippen LogP contribution in [0.2, 0.25) is 0 Å². The van der Waals surface area contributed by atoms with Crippen LogP contribution in [0.1, 0.15) is 30.0 Å². The summed E-state index contributed by atoms with van der Waals surface area (Å²) in [6.07, 6.45) is 9.07. The van der Waals surface area contributed by atoms with Crippen molar-refractivity contribution in [2.45, 2.75) is 25.2 Å². The molecule has 1 saturated heterocycles. The van der Waals surface area contributed by atoms with Crippen LogP contribution in [-0.4, -0.2) is 46.8 Å². The SMILES string of the molecule is COc1ccc(CCN2CCC(c3[nH]ncc3-c3cccnc3)CC2)cc1. The van der Waals surface area contributed by atoms with E-state index in [1.54, 1.807) is 7.11 Å². The van der Waals surface area contributed by atoms with Gasteiger partial charge in [-0.05, 0) is 56.1 Å². The molecular weight excluding hydrogens is 336 g/mol. The predicted octanol–water partition coefficient (Wildman–Crippen LogP) is 3.90. The predicted molar refractivity (Wildman–Crippen MR) is 107 cm³/mol. The van der Waals surface area contributed by atoms with Crippen LogP contribution >= 0.6 is 0 Å². The number of H-pyrrole nitrogens is 1. The maximum absolute atomic E-state index is 5.23. The maximum Gasteiger partial charge on any atom is 0.118 e. The number of nitrogens with one attached hydrogen (secondary N) is 1. The van der Waals surface area contributed by atoms with Gasteiger partial charge in [-0.1, -0.05) is 18.2 Å². The first-order chi connectivity index (χ1) is 13.3. The molecule has 1 fully saturated rings. The Morgan fingerprint density at radius 2 is 1.93 bits per heavy atom. The Morgan fingerprint density at radius 1 is 1.11 bits per heavy atom. The minimum atomic E-state index is 0.542. The zero-order valence-corrected chi connectivity index (χ0v) is 15.8. The number of likely N-dealkylation sites (tertiary alicyclic amines) is 1. The van der Waals surface area contributed by atoms with E-state index >= 15 is 0 Å². The third-order valence-electron chi connectivity index (χ3n) is 5.51. The second kappa shape index (κ2) is 8.35. The molecule has 27 heavy (non-hydrogen) atoms. The summed E-state index contributed by atoms with van der Waals surface area (Å²) in [5.41, 5.74) is 4.96. The van der Waals surface area contributed by atoms with Crippen molar-refractivity contribution in [2.24, 2.45) is 0 Å². The van der Waals surface area contributed by atoms with Crippen molar-refractivity contribution < 1.29 is 4.74 Å². The Bertz CT molecular complexity index is 836. The number of ether oxygens (including phenoxy) is 1. The van der Waals surface area contributed by atoms with Gasteiger partial charge in [-0.3, -0.25) is 10.1 Å². The molecule has 0 radical (unpaired) electrons. The van der Waals surface area contributed by atoms with Crippen molar-refractivity contribution in [2.75, 3.05) is 26.7 Å². The first-order valence-electron chi connectivity index (χ1n) is 9.62. The van der Waals surface area contributed by atoms with E-state index in [-0.39, 0.29) is 0 Å². The van der Waals surface area contributed by atoms with Gasteiger partial charge in [-0.2, -0.15) is 5.10 Å². The van der Waals surface area contributed by atoms with Crippen molar-refractivity contribution in [3.8, 4) is 16.9 Å². The van der Waals surface area contributed by atoms with E-state index in [4.69, 9.17) is 4.74 Å². The van der Waals surface area contributed by atoms with Gasteiger partial charge >= 0.3 is 0 Å². The molecule has 1 aliphatic heterocycles. The molecule has 1 aliphatic rings. The van der Waals surface area contributed by atoms with E-state index in [1.165, 1.54) is 16.8 Å². The summed E-state index contributed by atoms with van der Waals surface area (Å²) < 4.78 is 5.23.